The second-order valence-electron chi connectivity index (χ2n) is 9.69. The normalized spacial score (nSPS) is 15.8. The molecule has 1 aliphatic heterocycles. The monoisotopic (exact) mass is 548 g/mol. The highest BCUT2D eigenvalue weighted by atomic mass is 32.2. The molecule has 0 radical (unpaired) electrons. The molecule has 198 valence electrons. The maximum absolute atomic E-state index is 13.9. The molecule has 1 unspecified atom stereocenters. The molecule has 1 amide bonds. The SMILES string of the molecule is Cc1ccc(CN(Cc2ccccc2)C(=O)CN(CC2CCCO2)S(=O)(=O)c2ccc3ccccc3c2)s1. The molecule has 6 nitrogen and oxygen atoms in total. The molecule has 0 bridgehead atoms. The van der Waals surface area contributed by atoms with Crippen molar-refractivity contribution >= 4 is 38.0 Å². The summed E-state index contributed by atoms with van der Waals surface area (Å²) in [6, 6.07) is 26.7. The molecule has 0 N–H and O–H groups in total. The number of hydrogen-bond acceptors (Lipinski definition) is 5. The molecule has 0 aliphatic carbocycles. The third kappa shape index (κ3) is 6.32. The smallest absolute Gasteiger partial charge is 0.243 e. The second-order valence-corrected chi connectivity index (χ2v) is 13.0. The molecule has 5 rings (SSSR count). The lowest BCUT2D eigenvalue weighted by Crippen LogP contribution is -2.45. The van der Waals surface area contributed by atoms with E-state index in [0.29, 0.717) is 19.7 Å². The van der Waals surface area contributed by atoms with Crippen LogP contribution < -0.4 is 0 Å². The topological polar surface area (TPSA) is 66.9 Å². The summed E-state index contributed by atoms with van der Waals surface area (Å²) in [4.78, 5) is 18.0. The summed E-state index contributed by atoms with van der Waals surface area (Å²) in [6.45, 7) is 3.39. The van der Waals surface area contributed by atoms with Crippen molar-refractivity contribution in [2.24, 2.45) is 0 Å². The summed E-state index contributed by atoms with van der Waals surface area (Å²) >= 11 is 1.65. The Kier molecular flexibility index (Phi) is 8.24. The van der Waals surface area contributed by atoms with Crippen LogP contribution in [0.5, 0.6) is 0 Å². The van der Waals surface area contributed by atoms with Crippen molar-refractivity contribution in [3.63, 3.8) is 0 Å². The molecule has 38 heavy (non-hydrogen) atoms. The molecule has 1 atom stereocenters. The highest BCUT2D eigenvalue weighted by molar-refractivity contribution is 7.89. The molecule has 2 heterocycles. The highest BCUT2D eigenvalue weighted by Crippen LogP contribution is 2.25. The zero-order valence-electron chi connectivity index (χ0n) is 21.5. The minimum absolute atomic E-state index is 0.151. The Hall–Kier alpha value is -3.04. The molecular weight excluding hydrogens is 516 g/mol. The molecule has 0 spiro atoms. The van der Waals surface area contributed by atoms with Gasteiger partial charge in [-0.2, -0.15) is 4.31 Å². The van der Waals surface area contributed by atoms with Gasteiger partial charge < -0.3 is 9.64 Å². The fourth-order valence-corrected chi connectivity index (χ4v) is 7.15. The minimum atomic E-state index is -3.94. The van der Waals surface area contributed by atoms with Crippen LogP contribution in [0.4, 0.5) is 0 Å². The number of rotatable bonds is 10. The summed E-state index contributed by atoms with van der Waals surface area (Å²) in [5.41, 5.74) is 0.997. The Morgan fingerprint density at radius 2 is 1.71 bits per heavy atom. The Morgan fingerprint density at radius 3 is 2.42 bits per heavy atom. The van der Waals surface area contributed by atoms with E-state index >= 15 is 0 Å². The number of benzene rings is 3. The number of fused-ring (bicyclic) bond motifs is 1. The van der Waals surface area contributed by atoms with Crippen molar-refractivity contribution in [2.75, 3.05) is 19.7 Å². The third-order valence-corrected chi connectivity index (χ3v) is 9.61. The van der Waals surface area contributed by atoms with E-state index in [9.17, 15) is 13.2 Å². The first kappa shape index (κ1) is 26.6. The van der Waals surface area contributed by atoms with E-state index in [4.69, 9.17) is 4.74 Å². The summed E-state index contributed by atoms with van der Waals surface area (Å²) in [6.07, 6.45) is 1.45. The zero-order chi connectivity index (χ0) is 26.5. The predicted octanol–water partition coefficient (Wildman–Crippen LogP) is 5.61. The van der Waals surface area contributed by atoms with E-state index in [1.54, 1.807) is 28.4 Å². The average Bonchev–Trinajstić information content (AvgIpc) is 3.59. The molecule has 1 saturated heterocycles. The van der Waals surface area contributed by atoms with E-state index in [2.05, 4.69) is 0 Å². The summed E-state index contributed by atoms with van der Waals surface area (Å²) in [5, 5.41) is 1.81. The van der Waals surface area contributed by atoms with Crippen LogP contribution in [-0.4, -0.2) is 49.3 Å². The fraction of sp³-hybridized carbons (Fsp3) is 0.300. The Morgan fingerprint density at radius 1 is 0.947 bits per heavy atom. The van der Waals surface area contributed by atoms with Crippen LogP contribution in [0.25, 0.3) is 10.8 Å². The van der Waals surface area contributed by atoms with Crippen LogP contribution in [0, 0.1) is 6.92 Å². The summed E-state index contributed by atoms with van der Waals surface area (Å²) in [5.74, 6) is -0.234. The van der Waals surface area contributed by atoms with Gasteiger partial charge >= 0.3 is 0 Å². The van der Waals surface area contributed by atoms with Crippen LogP contribution in [0.1, 0.15) is 28.2 Å². The lowest BCUT2D eigenvalue weighted by Gasteiger charge is -2.28. The number of ether oxygens (including phenoxy) is 1. The van der Waals surface area contributed by atoms with Crippen LogP contribution >= 0.6 is 11.3 Å². The van der Waals surface area contributed by atoms with E-state index in [-0.39, 0.29) is 30.0 Å². The molecule has 4 aromatic rings. The third-order valence-electron chi connectivity index (χ3n) is 6.81. The number of aryl methyl sites for hydroxylation is 1. The average molecular weight is 549 g/mol. The van der Waals surface area contributed by atoms with Crippen molar-refractivity contribution in [1.29, 1.82) is 0 Å². The first-order chi connectivity index (χ1) is 18.4. The number of carbonyl (C=O) groups excluding carboxylic acids is 1. The van der Waals surface area contributed by atoms with Crippen molar-refractivity contribution < 1.29 is 17.9 Å². The summed E-state index contributed by atoms with van der Waals surface area (Å²) in [7, 11) is -3.94. The van der Waals surface area contributed by atoms with Gasteiger partial charge in [-0.15, -0.1) is 11.3 Å². The van der Waals surface area contributed by atoms with E-state index < -0.39 is 10.0 Å². The maximum atomic E-state index is 13.9. The number of nitrogens with zero attached hydrogens (tertiary/aromatic N) is 2. The van der Waals surface area contributed by atoms with Crippen molar-refractivity contribution in [3.8, 4) is 0 Å². The van der Waals surface area contributed by atoms with Crippen LogP contribution in [0.2, 0.25) is 0 Å². The Labute approximate surface area is 228 Å². The number of thiophene rings is 1. The Balaban J connectivity index is 1.44. The van der Waals surface area contributed by atoms with Crippen LogP contribution in [0.3, 0.4) is 0 Å². The van der Waals surface area contributed by atoms with Crippen molar-refractivity contribution in [1.82, 2.24) is 9.21 Å². The van der Waals surface area contributed by atoms with Crippen molar-refractivity contribution in [2.45, 2.75) is 43.9 Å². The molecule has 3 aromatic carbocycles. The standard InChI is InChI=1S/C30H32N2O4S2/c1-23-13-15-28(37-23)21-31(19-24-8-3-2-4-9-24)30(33)22-32(20-27-12-7-17-36-27)38(34,35)29-16-14-25-10-5-6-11-26(25)18-29/h2-6,8-11,13-16,18,27H,7,12,17,19-22H2,1H3. The van der Waals surface area contributed by atoms with Gasteiger partial charge in [0.25, 0.3) is 0 Å². The van der Waals surface area contributed by atoms with Crippen molar-refractivity contribution in [3.05, 3.63) is 100 Å². The molecular formula is C30H32N2O4S2. The maximum Gasteiger partial charge on any atom is 0.243 e. The van der Waals surface area contributed by atoms with Gasteiger partial charge in [0.2, 0.25) is 15.9 Å². The van der Waals surface area contributed by atoms with E-state index in [1.165, 1.54) is 9.18 Å². The highest BCUT2D eigenvalue weighted by Gasteiger charge is 2.32. The number of amides is 1. The van der Waals surface area contributed by atoms with Gasteiger partial charge in [-0.25, -0.2) is 8.42 Å². The largest absolute Gasteiger partial charge is 0.377 e. The van der Waals surface area contributed by atoms with Gasteiger partial charge in [0.05, 0.1) is 24.1 Å². The molecule has 0 saturated carbocycles. The van der Waals surface area contributed by atoms with Gasteiger partial charge in [-0.1, -0.05) is 60.7 Å². The Bertz CT molecular complexity index is 1490. The van der Waals surface area contributed by atoms with Gasteiger partial charge in [-0.05, 0) is 60.4 Å². The summed E-state index contributed by atoms with van der Waals surface area (Å²) < 4.78 is 35.0. The lowest BCUT2D eigenvalue weighted by molar-refractivity contribution is -0.132. The quantitative estimate of drug-likeness (QED) is 0.258. The van der Waals surface area contributed by atoms with E-state index in [1.807, 2.05) is 79.7 Å². The van der Waals surface area contributed by atoms with Gasteiger partial charge in [0.1, 0.15) is 0 Å². The predicted molar refractivity (Wildman–Crippen MR) is 151 cm³/mol. The number of hydrogen-bond donors (Lipinski definition) is 0. The van der Waals surface area contributed by atoms with Gasteiger partial charge in [0.15, 0.2) is 0 Å². The molecule has 8 heteroatoms. The fourth-order valence-electron chi connectivity index (χ4n) is 4.79. The molecule has 1 fully saturated rings. The van der Waals surface area contributed by atoms with Crippen LogP contribution in [0.15, 0.2) is 89.8 Å². The number of carbonyl (C=O) groups is 1. The minimum Gasteiger partial charge on any atom is -0.377 e. The number of sulfonamides is 1. The first-order valence-corrected chi connectivity index (χ1v) is 15.1. The first-order valence-electron chi connectivity index (χ1n) is 12.9. The van der Waals surface area contributed by atoms with Gasteiger partial charge in [-0.3, -0.25) is 4.79 Å². The van der Waals surface area contributed by atoms with E-state index in [0.717, 1.165) is 34.1 Å². The second kappa shape index (κ2) is 11.8. The molecule has 1 aromatic heterocycles. The van der Waals surface area contributed by atoms with Gasteiger partial charge in [0, 0.05) is 29.5 Å². The lowest BCUT2D eigenvalue weighted by atomic mass is 10.1. The zero-order valence-corrected chi connectivity index (χ0v) is 23.1. The molecule has 1 aliphatic rings. The van der Waals surface area contributed by atoms with Crippen LogP contribution in [-0.2, 0) is 32.6 Å².